The van der Waals surface area contributed by atoms with Gasteiger partial charge in [0.25, 0.3) is 0 Å². The summed E-state index contributed by atoms with van der Waals surface area (Å²) in [6, 6.07) is 7.92. The zero-order valence-electron chi connectivity index (χ0n) is 17.2. The maximum absolute atomic E-state index is 11.6. The lowest BCUT2D eigenvalue weighted by atomic mass is 9.71. The lowest BCUT2D eigenvalue weighted by molar-refractivity contribution is 0.227. The van der Waals surface area contributed by atoms with Crippen molar-refractivity contribution in [3.63, 3.8) is 0 Å². The summed E-state index contributed by atoms with van der Waals surface area (Å²) in [6.45, 7) is 6.33. The van der Waals surface area contributed by atoms with E-state index >= 15 is 0 Å². The third kappa shape index (κ3) is 4.11. The first-order valence-electron chi connectivity index (χ1n) is 10.2. The molecule has 0 saturated heterocycles. The van der Waals surface area contributed by atoms with Crippen LogP contribution >= 0.6 is 0 Å². The molecule has 3 heterocycles. The molecule has 0 aromatic carbocycles. The summed E-state index contributed by atoms with van der Waals surface area (Å²) < 4.78 is 7.34. The molecular weight excluding hydrogens is 368 g/mol. The second-order valence-electron chi connectivity index (χ2n) is 8.87. The van der Waals surface area contributed by atoms with E-state index in [0.717, 1.165) is 43.0 Å². The zero-order valence-corrected chi connectivity index (χ0v) is 17.2. The molecule has 1 aliphatic rings. The zero-order chi connectivity index (χ0) is 20.5. The standard InChI is InChI=1S/C21H28N6O2/c1-20(2,3)27-17(10-13-22-27)24-16-9-7-8-15(23-16)14-21(11-5-4-6-12-21)18-25-26-19(28)29-18/h7-10,13H,4-6,11-12,14H2,1-3H3,(H,23,24)(H,26,28). The first-order valence-corrected chi connectivity index (χ1v) is 10.2. The van der Waals surface area contributed by atoms with E-state index in [-0.39, 0.29) is 11.0 Å². The highest BCUT2D eigenvalue weighted by molar-refractivity contribution is 5.52. The number of aromatic amines is 1. The summed E-state index contributed by atoms with van der Waals surface area (Å²) in [6.07, 6.45) is 7.75. The average Bonchev–Trinajstić information content (AvgIpc) is 3.32. The van der Waals surface area contributed by atoms with Crippen molar-refractivity contribution in [3.8, 4) is 0 Å². The summed E-state index contributed by atoms with van der Waals surface area (Å²) in [5.41, 5.74) is 0.535. The van der Waals surface area contributed by atoms with Gasteiger partial charge >= 0.3 is 5.76 Å². The Morgan fingerprint density at radius 1 is 1.21 bits per heavy atom. The van der Waals surface area contributed by atoms with Crippen LogP contribution in [0.5, 0.6) is 0 Å². The first-order chi connectivity index (χ1) is 13.9. The summed E-state index contributed by atoms with van der Waals surface area (Å²) in [5, 5.41) is 14.4. The molecule has 29 heavy (non-hydrogen) atoms. The molecule has 0 spiro atoms. The highest BCUT2D eigenvalue weighted by Gasteiger charge is 2.39. The van der Waals surface area contributed by atoms with Crippen LogP contribution in [-0.4, -0.2) is 25.0 Å². The molecule has 2 N–H and O–H groups in total. The van der Waals surface area contributed by atoms with Gasteiger partial charge in [0.15, 0.2) is 0 Å². The van der Waals surface area contributed by atoms with Crippen molar-refractivity contribution < 1.29 is 4.42 Å². The molecule has 0 radical (unpaired) electrons. The topological polar surface area (TPSA) is 102 Å². The van der Waals surface area contributed by atoms with Gasteiger partial charge in [-0.05, 0) is 45.7 Å². The van der Waals surface area contributed by atoms with E-state index in [1.807, 2.05) is 28.9 Å². The van der Waals surface area contributed by atoms with Gasteiger partial charge < -0.3 is 9.73 Å². The molecule has 3 aromatic heterocycles. The fraction of sp³-hybridized carbons (Fsp3) is 0.524. The van der Waals surface area contributed by atoms with Crippen LogP contribution < -0.4 is 11.1 Å². The van der Waals surface area contributed by atoms with E-state index in [0.29, 0.717) is 12.3 Å². The van der Waals surface area contributed by atoms with Crippen LogP contribution in [0, 0.1) is 0 Å². The van der Waals surface area contributed by atoms with Gasteiger partial charge in [-0.3, -0.25) is 0 Å². The highest BCUT2D eigenvalue weighted by Crippen LogP contribution is 2.40. The minimum Gasteiger partial charge on any atom is -0.392 e. The Labute approximate surface area is 169 Å². The Kier molecular flexibility index (Phi) is 5.02. The van der Waals surface area contributed by atoms with E-state index in [1.54, 1.807) is 6.20 Å². The van der Waals surface area contributed by atoms with Crippen LogP contribution in [0.4, 0.5) is 11.6 Å². The van der Waals surface area contributed by atoms with E-state index in [1.165, 1.54) is 6.42 Å². The lowest BCUT2D eigenvalue weighted by Crippen LogP contribution is -2.32. The number of anilines is 2. The highest BCUT2D eigenvalue weighted by atomic mass is 16.4. The van der Waals surface area contributed by atoms with Crippen molar-refractivity contribution in [1.82, 2.24) is 25.0 Å². The molecule has 1 fully saturated rings. The van der Waals surface area contributed by atoms with Crippen LogP contribution in [-0.2, 0) is 17.4 Å². The van der Waals surface area contributed by atoms with Crippen LogP contribution in [0.2, 0.25) is 0 Å². The first kappa shape index (κ1) is 19.4. The Balaban J connectivity index is 1.60. The third-order valence-corrected chi connectivity index (χ3v) is 5.56. The van der Waals surface area contributed by atoms with Crippen molar-refractivity contribution in [2.24, 2.45) is 0 Å². The Morgan fingerprint density at radius 2 is 2.00 bits per heavy atom. The number of hydrogen-bond acceptors (Lipinski definition) is 6. The van der Waals surface area contributed by atoms with Crippen molar-refractivity contribution in [1.29, 1.82) is 0 Å². The summed E-state index contributed by atoms with van der Waals surface area (Å²) in [7, 11) is 0. The normalized spacial score (nSPS) is 16.7. The van der Waals surface area contributed by atoms with Gasteiger partial charge in [0, 0.05) is 18.2 Å². The van der Waals surface area contributed by atoms with Gasteiger partial charge in [-0.25, -0.2) is 19.6 Å². The van der Waals surface area contributed by atoms with Crippen molar-refractivity contribution >= 4 is 11.6 Å². The maximum Gasteiger partial charge on any atom is 0.434 e. The molecule has 1 aliphatic carbocycles. The summed E-state index contributed by atoms with van der Waals surface area (Å²) in [5.74, 6) is 1.67. The number of pyridine rings is 1. The summed E-state index contributed by atoms with van der Waals surface area (Å²) >= 11 is 0. The molecule has 0 unspecified atom stereocenters. The second-order valence-corrected chi connectivity index (χ2v) is 8.87. The van der Waals surface area contributed by atoms with Gasteiger partial charge in [0.2, 0.25) is 5.89 Å². The molecule has 8 heteroatoms. The van der Waals surface area contributed by atoms with Gasteiger partial charge in [0.1, 0.15) is 11.6 Å². The Morgan fingerprint density at radius 3 is 2.69 bits per heavy atom. The fourth-order valence-corrected chi connectivity index (χ4v) is 4.21. The Bertz CT molecular complexity index is 1020. The molecule has 8 nitrogen and oxygen atoms in total. The van der Waals surface area contributed by atoms with Gasteiger partial charge in [0.05, 0.1) is 17.2 Å². The second kappa shape index (κ2) is 7.50. The maximum atomic E-state index is 11.6. The van der Waals surface area contributed by atoms with Crippen LogP contribution in [0.15, 0.2) is 39.7 Å². The van der Waals surface area contributed by atoms with Gasteiger partial charge in [-0.1, -0.05) is 25.3 Å². The minimum atomic E-state index is -0.497. The quantitative estimate of drug-likeness (QED) is 0.678. The molecule has 0 bridgehead atoms. The molecule has 0 atom stereocenters. The van der Waals surface area contributed by atoms with E-state index < -0.39 is 5.76 Å². The van der Waals surface area contributed by atoms with Crippen LogP contribution in [0.25, 0.3) is 0 Å². The van der Waals surface area contributed by atoms with Crippen LogP contribution in [0.1, 0.15) is 64.5 Å². The van der Waals surface area contributed by atoms with E-state index in [9.17, 15) is 4.79 Å². The van der Waals surface area contributed by atoms with Crippen molar-refractivity contribution in [2.45, 2.75) is 70.3 Å². The molecule has 4 rings (SSSR count). The number of nitrogens with zero attached hydrogens (tertiary/aromatic N) is 4. The fourth-order valence-electron chi connectivity index (χ4n) is 4.21. The van der Waals surface area contributed by atoms with Gasteiger partial charge in [-0.2, -0.15) is 5.10 Å². The SMILES string of the molecule is CC(C)(C)n1nccc1Nc1cccc(CC2(c3n[nH]c(=O)o3)CCCCC2)n1. The summed E-state index contributed by atoms with van der Waals surface area (Å²) in [4.78, 5) is 16.4. The number of H-pyrrole nitrogens is 1. The number of rotatable bonds is 5. The lowest BCUT2D eigenvalue weighted by Gasteiger charge is -2.33. The minimum absolute atomic E-state index is 0.132. The van der Waals surface area contributed by atoms with Crippen LogP contribution in [0.3, 0.4) is 0 Å². The largest absolute Gasteiger partial charge is 0.434 e. The number of hydrogen-bond donors (Lipinski definition) is 2. The van der Waals surface area contributed by atoms with Crippen molar-refractivity contribution in [2.75, 3.05) is 5.32 Å². The predicted molar refractivity (Wildman–Crippen MR) is 110 cm³/mol. The average molecular weight is 396 g/mol. The smallest absolute Gasteiger partial charge is 0.392 e. The molecular formula is C21H28N6O2. The number of nitrogens with one attached hydrogen (secondary N) is 2. The number of aromatic nitrogens is 5. The molecule has 0 aliphatic heterocycles. The van der Waals surface area contributed by atoms with Gasteiger partial charge in [-0.15, -0.1) is 5.10 Å². The Hall–Kier alpha value is -2.90. The van der Waals surface area contributed by atoms with E-state index in [2.05, 4.69) is 41.4 Å². The van der Waals surface area contributed by atoms with E-state index in [4.69, 9.17) is 9.40 Å². The molecule has 1 saturated carbocycles. The molecule has 0 amide bonds. The predicted octanol–water partition coefficient (Wildman–Crippen LogP) is 3.90. The monoisotopic (exact) mass is 396 g/mol. The molecule has 154 valence electrons. The molecule has 3 aromatic rings. The van der Waals surface area contributed by atoms with Crippen molar-refractivity contribution in [3.05, 3.63) is 52.6 Å². The third-order valence-electron chi connectivity index (χ3n) is 5.56.